The van der Waals surface area contributed by atoms with Crippen LogP contribution in [0.25, 0.3) is 10.9 Å². The Morgan fingerprint density at radius 1 is 1.25 bits per heavy atom. The van der Waals surface area contributed by atoms with Crippen LogP contribution in [-0.2, 0) is 6.54 Å². The fourth-order valence-corrected chi connectivity index (χ4v) is 2.50. The van der Waals surface area contributed by atoms with Gasteiger partial charge in [-0.25, -0.2) is 0 Å². The first-order valence-electron chi connectivity index (χ1n) is 6.89. The van der Waals surface area contributed by atoms with Gasteiger partial charge >= 0.3 is 0 Å². The summed E-state index contributed by atoms with van der Waals surface area (Å²) in [5.74, 6) is 0.733. The smallest absolute Gasteiger partial charge is 0.271 e. The van der Waals surface area contributed by atoms with E-state index in [0.717, 1.165) is 29.8 Å². The molecule has 0 saturated heterocycles. The summed E-state index contributed by atoms with van der Waals surface area (Å²) < 4.78 is 2.13. The van der Waals surface area contributed by atoms with Gasteiger partial charge in [-0.15, -0.1) is 0 Å². The van der Waals surface area contributed by atoms with Gasteiger partial charge in [0, 0.05) is 30.3 Å². The molecule has 1 heterocycles. The predicted octanol–water partition coefficient (Wildman–Crippen LogP) is 4.54. The Morgan fingerprint density at radius 3 is 2.55 bits per heavy atom. The number of fused-ring (bicyclic) bond motifs is 1. The number of hydrogen-bond acceptors (Lipinski definition) is 3. The zero-order valence-corrected chi connectivity index (χ0v) is 12.2. The van der Waals surface area contributed by atoms with Crippen molar-refractivity contribution >= 4 is 16.6 Å². The van der Waals surface area contributed by atoms with Crippen molar-refractivity contribution in [2.24, 2.45) is 5.92 Å². The Balaban J connectivity index is 0.00000200. The molecular formula is C15H23N3O2. The van der Waals surface area contributed by atoms with Gasteiger partial charge in [0.1, 0.15) is 0 Å². The first-order chi connectivity index (χ1) is 9.15. The van der Waals surface area contributed by atoms with E-state index in [1.54, 1.807) is 12.1 Å². The number of aromatic nitrogens is 1. The summed E-state index contributed by atoms with van der Waals surface area (Å²) in [5, 5.41) is 11.9. The molecule has 1 aromatic carbocycles. The molecule has 0 amide bonds. The second-order valence-electron chi connectivity index (χ2n) is 4.98. The topological polar surface area (TPSA) is 83.1 Å². The molecule has 5 heteroatoms. The molecule has 0 aliphatic carbocycles. The minimum atomic E-state index is -0.336. The molecule has 0 aliphatic rings. The van der Waals surface area contributed by atoms with E-state index in [0.29, 0.717) is 0 Å². The fraction of sp³-hybridized carbons (Fsp3) is 0.467. The molecule has 2 aromatic rings. The summed E-state index contributed by atoms with van der Waals surface area (Å²) in [4.78, 5) is 10.5. The van der Waals surface area contributed by atoms with E-state index in [9.17, 15) is 10.1 Å². The van der Waals surface area contributed by atoms with Gasteiger partial charge in [0.2, 0.25) is 0 Å². The fourth-order valence-electron chi connectivity index (χ4n) is 2.50. The molecule has 3 N–H and O–H groups in total. The molecule has 0 radical (unpaired) electrons. The molecule has 20 heavy (non-hydrogen) atoms. The minimum absolute atomic E-state index is 0. The minimum Gasteiger partial charge on any atom is -0.347 e. The Hall–Kier alpha value is -1.88. The number of aryl methyl sites for hydroxylation is 1. The van der Waals surface area contributed by atoms with Crippen LogP contribution in [0, 0.1) is 16.0 Å². The Labute approximate surface area is 119 Å². The van der Waals surface area contributed by atoms with Gasteiger partial charge in [0.15, 0.2) is 0 Å². The van der Waals surface area contributed by atoms with Crippen molar-refractivity contribution < 1.29 is 4.92 Å². The van der Waals surface area contributed by atoms with Crippen LogP contribution in [0.5, 0.6) is 0 Å². The Morgan fingerprint density at radius 2 is 1.95 bits per heavy atom. The lowest BCUT2D eigenvalue weighted by Crippen LogP contribution is -2.04. The van der Waals surface area contributed by atoms with E-state index in [1.165, 1.54) is 12.8 Å². The SMILES string of the molecule is CCC(CC)CCn1ccc2ccc([N+](=O)[O-])cc21.N. The van der Waals surface area contributed by atoms with Crippen LogP contribution in [-0.4, -0.2) is 9.49 Å². The van der Waals surface area contributed by atoms with Crippen LogP contribution in [0.2, 0.25) is 0 Å². The Kier molecular flexibility index (Phi) is 5.70. The summed E-state index contributed by atoms with van der Waals surface area (Å²) in [6.45, 7) is 5.36. The van der Waals surface area contributed by atoms with Gasteiger partial charge in [-0.3, -0.25) is 10.1 Å². The van der Waals surface area contributed by atoms with E-state index in [1.807, 2.05) is 18.3 Å². The van der Waals surface area contributed by atoms with E-state index >= 15 is 0 Å². The maximum absolute atomic E-state index is 10.8. The van der Waals surface area contributed by atoms with Gasteiger partial charge in [0.25, 0.3) is 5.69 Å². The molecule has 110 valence electrons. The molecule has 5 nitrogen and oxygen atoms in total. The average Bonchev–Trinajstić information content (AvgIpc) is 2.82. The van der Waals surface area contributed by atoms with E-state index in [4.69, 9.17) is 0 Å². The number of nitro groups is 1. The zero-order valence-electron chi connectivity index (χ0n) is 12.2. The maximum atomic E-state index is 10.8. The second-order valence-corrected chi connectivity index (χ2v) is 4.98. The van der Waals surface area contributed by atoms with Crippen molar-refractivity contribution in [3.8, 4) is 0 Å². The molecule has 2 rings (SSSR count). The molecule has 0 aliphatic heterocycles. The molecule has 0 spiro atoms. The number of non-ortho nitro benzene ring substituents is 1. The standard InChI is InChI=1S/C15H20N2O2.H3N/c1-3-12(4-2)7-9-16-10-8-13-5-6-14(17(18)19)11-15(13)16;/h5-6,8,10-12H,3-4,7,9H2,1-2H3;1H3. The van der Waals surface area contributed by atoms with Crippen LogP contribution in [0.1, 0.15) is 33.1 Å². The number of rotatable bonds is 6. The third-order valence-corrected chi connectivity index (χ3v) is 3.90. The van der Waals surface area contributed by atoms with Crippen molar-refractivity contribution in [1.29, 1.82) is 0 Å². The highest BCUT2D eigenvalue weighted by Crippen LogP contribution is 2.23. The first-order valence-corrected chi connectivity index (χ1v) is 6.89. The van der Waals surface area contributed by atoms with Crippen molar-refractivity contribution in [2.45, 2.75) is 39.7 Å². The van der Waals surface area contributed by atoms with E-state index in [-0.39, 0.29) is 16.8 Å². The number of nitrogens with zero attached hydrogens (tertiary/aromatic N) is 2. The molecule has 1 aromatic heterocycles. The summed E-state index contributed by atoms with van der Waals surface area (Å²) in [6, 6.07) is 7.07. The normalized spacial score (nSPS) is 10.8. The van der Waals surface area contributed by atoms with Gasteiger partial charge < -0.3 is 10.7 Å². The summed E-state index contributed by atoms with van der Waals surface area (Å²) >= 11 is 0. The molecule has 0 unspecified atom stereocenters. The monoisotopic (exact) mass is 277 g/mol. The van der Waals surface area contributed by atoms with Crippen LogP contribution in [0.3, 0.4) is 0 Å². The number of nitro benzene ring substituents is 1. The van der Waals surface area contributed by atoms with Crippen molar-refractivity contribution in [1.82, 2.24) is 10.7 Å². The maximum Gasteiger partial charge on any atom is 0.271 e. The highest BCUT2D eigenvalue weighted by Gasteiger charge is 2.10. The molecule has 0 saturated carbocycles. The van der Waals surface area contributed by atoms with Crippen LogP contribution in [0.15, 0.2) is 30.5 Å². The molecule has 0 bridgehead atoms. The zero-order chi connectivity index (χ0) is 13.8. The average molecular weight is 277 g/mol. The third-order valence-electron chi connectivity index (χ3n) is 3.90. The quantitative estimate of drug-likeness (QED) is 0.621. The van der Waals surface area contributed by atoms with Crippen LogP contribution >= 0.6 is 0 Å². The largest absolute Gasteiger partial charge is 0.347 e. The number of hydrogen-bond donors (Lipinski definition) is 1. The van der Waals surface area contributed by atoms with Crippen molar-refractivity contribution in [3.63, 3.8) is 0 Å². The summed E-state index contributed by atoms with van der Waals surface area (Å²) in [6.07, 6.45) is 5.53. The van der Waals surface area contributed by atoms with Crippen molar-refractivity contribution in [2.75, 3.05) is 0 Å². The lowest BCUT2D eigenvalue weighted by molar-refractivity contribution is -0.384. The molecule has 0 fully saturated rings. The van der Waals surface area contributed by atoms with E-state index < -0.39 is 0 Å². The highest BCUT2D eigenvalue weighted by molar-refractivity contribution is 5.82. The number of benzene rings is 1. The summed E-state index contributed by atoms with van der Waals surface area (Å²) in [7, 11) is 0. The Bertz CT molecular complexity index is 574. The van der Waals surface area contributed by atoms with Gasteiger partial charge in [-0.1, -0.05) is 26.7 Å². The van der Waals surface area contributed by atoms with Gasteiger partial charge in [-0.2, -0.15) is 0 Å². The molecule has 0 atom stereocenters. The first kappa shape index (κ1) is 16.2. The van der Waals surface area contributed by atoms with Gasteiger partial charge in [-0.05, 0) is 24.5 Å². The summed E-state index contributed by atoms with van der Waals surface area (Å²) in [5.41, 5.74) is 1.12. The molecular weight excluding hydrogens is 254 g/mol. The van der Waals surface area contributed by atoms with Crippen LogP contribution in [0.4, 0.5) is 5.69 Å². The van der Waals surface area contributed by atoms with E-state index in [2.05, 4.69) is 18.4 Å². The third kappa shape index (κ3) is 3.36. The lowest BCUT2D eigenvalue weighted by atomic mass is 10.00. The van der Waals surface area contributed by atoms with Crippen LogP contribution < -0.4 is 6.15 Å². The highest BCUT2D eigenvalue weighted by atomic mass is 16.6. The lowest BCUT2D eigenvalue weighted by Gasteiger charge is -2.13. The van der Waals surface area contributed by atoms with Gasteiger partial charge in [0.05, 0.1) is 10.4 Å². The predicted molar refractivity (Wildman–Crippen MR) is 82.3 cm³/mol. The second kappa shape index (κ2) is 7.05. The van der Waals surface area contributed by atoms with Crippen molar-refractivity contribution in [3.05, 3.63) is 40.6 Å².